The van der Waals surface area contributed by atoms with Gasteiger partial charge in [-0.05, 0) is 12.5 Å². The highest BCUT2D eigenvalue weighted by atomic mass is 32.2. The van der Waals surface area contributed by atoms with Crippen LogP contribution in [-0.4, -0.2) is 29.4 Å². The van der Waals surface area contributed by atoms with Crippen LogP contribution in [0.15, 0.2) is 30.3 Å². The van der Waals surface area contributed by atoms with E-state index in [0.717, 1.165) is 5.56 Å². The largest absolute Gasteiger partial charge is 0.465 e. The van der Waals surface area contributed by atoms with E-state index >= 15 is 0 Å². The van der Waals surface area contributed by atoms with Gasteiger partial charge in [0, 0.05) is 0 Å². The number of hydrogen-bond donors (Lipinski definition) is 0. The molecule has 2 atom stereocenters. The summed E-state index contributed by atoms with van der Waals surface area (Å²) in [5.74, 6) is -0.0832. The minimum Gasteiger partial charge on any atom is -0.465 e. The van der Waals surface area contributed by atoms with Crippen molar-refractivity contribution in [1.29, 1.82) is 0 Å². The van der Waals surface area contributed by atoms with Crippen LogP contribution in [-0.2, 0) is 14.3 Å². The highest BCUT2D eigenvalue weighted by molar-refractivity contribution is 8.18. The van der Waals surface area contributed by atoms with E-state index in [1.807, 2.05) is 30.3 Å². The minimum atomic E-state index is -0.670. The van der Waals surface area contributed by atoms with Gasteiger partial charge in [0.15, 0.2) is 11.0 Å². The standard InChI is InChI=1S/C13H14O3S2/c1-2-16-12(15)11-10(14)8-17-13(18-11)9-6-4-3-5-7-9/h3-7,11,13H,2,8H2,1H3/t11-,13+/m0/s1. The molecule has 0 amide bonds. The first kappa shape index (κ1) is 13.5. The molecule has 0 unspecified atom stereocenters. The van der Waals surface area contributed by atoms with Crippen LogP contribution in [0.3, 0.4) is 0 Å². The molecule has 0 aromatic heterocycles. The summed E-state index contributed by atoms with van der Waals surface area (Å²) in [7, 11) is 0. The Morgan fingerprint density at radius 3 is 2.78 bits per heavy atom. The van der Waals surface area contributed by atoms with E-state index in [9.17, 15) is 9.59 Å². The van der Waals surface area contributed by atoms with Gasteiger partial charge in [-0.25, -0.2) is 0 Å². The zero-order valence-corrected chi connectivity index (χ0v) is 11.6. The summed E-state index contributed by atoms with van der Waals surface area (Å²) in [6.07, 6.45) is 0. The Labute approximate surface area is 115 Å². The number of ether oxygens (including phenoxy) is 1. The van der Waals surface area contributed by atoms with Crippen molar-refractivity contribution in [2.24, 2.45) is 0 Å². The number of Topliss-reactive ketones (excluding diaryl/α,β-unsaturated/α-hetero) is 1. The normalized spacial score (nSPS) is 23.7. The van der Waals surface area contributed by atoms with Gasteiger partial charge in [0.2, 0.25) is 0 Å². The first-order valence-electron chi connectivity index (χ1n) is 5.73. The number of carbonyl (C=O) groups excluding carboxylic acids is 2. The number of esters is 1. The fourth-order valence-electron chi connectivity index (χ4n) is 1.66. The van der Waals surface area contributed by atoms with Gasteiger partial charge >= 0.3 is 5.97 Å². The molecule has 1 fully saturated rings. The van der Waals surface area contributed by atoms with Crippen molar-refractivity contribution in [2.45, 2.75) is 16.8 Å². The molecule has 2 rings (SSSR count). The predicted molar refractivity (Wildman–Crippen MR) is 74.7 cm³/mol. The van der Waals surface area contributed by atoms with E-state index in [-0.39, 0.29) is 10.4 Å². The van der Waals surface area contributed by atoms with Crippen LogP contribution >= 0.6 is 23.5 Å². The maximum absolute atomic E-state index is 11.7. The molecule has 5 heteroatoms. The second-order valence-corrected chi connectivity index (χ2v) is 6.39. The Bertz CT molecular complexity index is 433. The van der Waals surface area contributed by atoms with Crippen molar-refractivity contribution in [3.05, 3.63) is 35.9 Å². The summed E-state index contributed by atoms with van der Waals surface area (Å²) in [6, 6.07) is 9.92. The SMILES string of the molecule is CCOC(=O)[C@H]1S[C@H](c2ccccc2)SCC1=O. The van der Waals surface area contributed by atoms with Crippen LogP contribution < -0.4 is 0 Å². The average Bonchev–Trinajstić information content (AvgIpc) is 2.40. The molecule has 3 nitrogen and oxygen atoms in total. The summed E-state index contributed by atoms with van der Waals surface area (Å²) < 4.78 is 5.07. The monoisotopic (exact) mass is 282 g/mol. The van der Waals surface area contributed by atoms with Crippen molar-refractivity contribution >= 4 is 35.3 Å². The fourth-order valence-corrected chi connectivity index (χ4v) is 4.43. The van der Waals surface area contributed by atoms with Gasteiger partial charge in [-0.2, -0.15) is 0 Å². The van der Waals surface area contributed by atoms with E-state index in [0.29, 0.717) is 12.4 Å². The molecule has 18 heavy (non-hydrogen) atoms. The Hall–Kier alpha value is -0.940. The van der Waals surface area contributed by atoms with Gasteiger partial charge in [0.05, 0.1) is 16.9 Å². The Morgan fingerprint density at radius 1 is 1.39 bits per heavy atom. The Morgan fingerprint density at radius 2 is 2.11 bits per heavy atom. The maximum Gasteiger partial charge on any atom is 0.326 e. The molecule has 0 aliphatic carbocycles. The quantitative estimate of drug-likeness (QED) is 0.630. The molecular formula is C13H14O3S2. The van der Waals surface area contributed by atoms with E-state index in [1.165, 1.54) is 11.8 Å². The molecule has 1 saturated heterocycles. The molecule has 0 radical (unpaired) electrons. The second kappa shape index (κ2) is 6.29. The number of carbonyl (C=O) groups is 2. The van der Waals surface area contributed by atoms with Crippen molar-refractivity contribution in [3.63, 3.8) is 0 Å². The van der Waals surface area contributed by atoms with Gasteiger partial charge in [0.25, 0.3) is 0 Å². The Balaban J connectivity index is 2.09. The lowest BCUT2D eigenvalue weighted by Crippen LogP contribution is -2.33. The number of benzene rings is 1. The first-order valence-corrected chi connectivity index (χ1v) is 7.73. The number of rotatable bonds is 3. The van der Waals surface area contributed by atoms with Crippen LogP contribution in [0, 0.1) is 0 Å². The van der Waals surface area contributed by atoms with E-state index in [2.05, 4.69) is 0 Å². The molecule has 1 heterocycles. The third-order valence-corrected chi connectivity index (χ3v) is 5.52. The minimum absolute atomic E-state index is 0.0457. The first-order chi connectivity index (χ1) is 8.72. The van der Waals surface area contributed by atoms with Crippen LogP contribution in [0.1, 0.15) is 17.1 Å². The molecule has 0 bridgehead atoms. The lowest BCUT2D eigenvalue weighted by molar-refractivity contribution is -0.144. The number of thioether (sulfide) groups is 2. The van der Waals surface area contributed by atoms with E-state index < -0.39 is 11.2 Å². The molecule has 1 aromatic rings. The van der Waals surface area contributed by atoms with Crippen LogP contribution in [0.4, 0.5) is 0 Å². The molecule has 0 saturated carbocycles. The third kappa shape index (κ3) is 3.09. The summed E-state index contributed by atoms with van der Waals surface area (Å²) in [4.78, 5) is 23.5. The Kier molecular flexibility index (Phi) is 4.72. The van der Waals surface area contributed by atoms with Crippen LogP contribution in [0.5, 0.6) is 0 Å². The lowest BCUT2D eigenvalue weighted by atomic mass is 10.2. The maximum atomic E-state index is 11.7. The predicted octanol–water partition coefficient (Wildman–Crippen LogP) is 2.67. The topological polar surface area (TPSA) is 43.4 Å². The van der Waals surface area contributed by atoms with Gasteiger partial charge < -0.3 is 4.74 Å². The molecule has 1 aromatic carbocycles. The summed E-state index contributed by atoms with van der Waals surface area (Å²) in [5.41, 5.74) is 1.13. The molecule has 1 aliphatic heterocycles. The smallest absolute Gasteiger partial charge is 0.326 e. The van der Waals surface area contributed by atoms with Crippen LogP contribution in [0.25, 0.3) is 0 Å². The zero-order chi connectivity index (χ0) is 13.0. The van der Waals surface area contributed by atoms with Gasteiger partial charge in [-0.1, -0.05) is 30.3 Å². The van der Waals surface area contributed by atoms with E-state index in [1.54, 1.807) is 18.7 Å². The highest BCUT2D eigenvalue weighted by Crippen LogP contribution is 2.46. The molecular weight excluding hydrogens is 268 g/mol. The van der Waals surface area contributed by atoms with Gasteiger partial charge in [-0.15, -0.1) is 23.5 Å². The summed E-state index contributed by atoms with van der Waals surface area (Å²) in [6.45, 7) is 2.06. The van der Waals surface area contributed by atoms with Crippen molar-refractivity contribution in [3.8, 4) is 0 Å². The molecule has 0 N–H and O–H groups in total. The number of hydrogen-bond acceptors (Lipinski definition) is 5. The molecule has 96 valence electrons. The number of ketones is 1. The molecule has 1 aliphatic rings. The fraction of sp³-hybridized carbons (Fsp3) is 0.385. The van der Waals surface area contributed by atoms with Crippen molar-refractivity contribution in [1.82, 2.24) is 0 Å². The second-order valence-electron chi connectivity index (χ2n) is 3.79. The van der Waals surface area contributed by atoms with Crippen molar-refractivity contribution < 1.29 is 14.3 Å². The zero-order valence-electron chi connectivity index (χ0n) is 10.00. The van der Waals surface area contributed by atoms with Crippen molar-refractivity contribution in [2.75, 3.05) is 12.4 Å². The average molecular weight is 282 g/mol. The third-order valence-electron chi connectivity index (χ3n) is 2.50. The highest BCUT2D eigenvalue weighted by Gasteiger charge is 2.36. The van der Waals surface area contributed by atoms with Crippen LogP contribution in [0.2, 0.25) is 0 Å². The summed E-state index contributed by atoms with van der Waals surface area (Å²) in [5, 5.41) is -0.670. The summed E-state index contributed by atoms with van der Waals surface area (Å²) >= 11 is 2.95. The van der Waals surface area contributed by atoms with E-state index in [4.69, 9.17) is 4.74 Å². The lowest BCUT2D eigenvalue weighted by Gasteiger charge is -2.26. The van der Waals surface area contributed by atoms with Gasteiger partial charge in [0.1, 0.15) is 0 Å². The molecule has 0 spiro atoms. The van der Waals surface area contributed by atoms with Gasteiger partial charge in [-0.3, -0.25) is 9.59 Å².